The van der Waals surface area contributed by atoms with Gasteiger partial charge >= 0.3 is 0 Å². The first-order valence-electron chi connectivity index (χ1n) is 9.71. The molecule has 0 spiro atoms. The zero-order valence-electron chi connectivity index (χ0n) is 16.1. The number of aryl methyl sites for hydroxylation is 1. The Morgan fingerprint density at radius 2 is 1.70 bits per heavy atom. The molecule has 5 rings (SSSR count). The topological polar surface area (TPSA) is 62.5 Å². The summed E-state index contributed by atoms with van der Waals surface area (Å²) in [6, 6.07) is 4.28. The van der Waals surface area contributed by atoms with E-state index in [2.05, 4.69) is 55.8 Å². The second-order valence-electron chi connectivity index (χ2n) is 8.15. The van der Waals surface area contributed by atoms with Crippen LogP contribution in [0, 0.1) is 18.8 Å². The van der Waals surface area contributed by atoms with Crippen molar-refractivity contribution in [2.45, 2.75) is 26.7 Å². The minimum atomic E-state index is 0.426. The summed E-state index contributed by atoms with van der Waals surface area (Å²) >= 11 is 0. The summed E-state index contributed by atoms with van der Waals surface area (Å²) in [6.45, 7) is 10.6. The Bertz CT molecular complexity index is 965. The number of anilines is 2. The molecule has 0 radical (unpaired) electrons. The van der Waals surface area contributed by atoms with Gasteiger partial charge in [-0.3, -0.25) is 0 Å². The molecule has 2 aliphatic heterocycles. The molecule has 27 heavy (non-hydrogen) atoms. The molecule has 0 bridgehead atoms. The molecule has 140 valence electrons. The lowest BCUT2D eigenvalue weighted by Crippen LogP contribution is -2.30. The van der Waals surface area contributed by atoms with Crippen molar-refractivity contribution >= 4 is 17.2 Å². The standard InChI is InChI=1S/C20H25N7/c1-13(2)17-7-19(23-12-22-17)25-8-15-10-26(11-16(15)9-25)20-18-6-14(3)24-27(18)5-4-21-20/h4-7,12-13,15-16H,8-11H2,1-3H3. The Balaban J connectivity index is 1.34. The maximum atomic E-state index is 4.67. The number of aromatic nitrogens is 5. The average Bonchev–Trinajstić information content (AvgIpc) is 3.32. The quantitative estimate of drug-likeness (QED) is 0.713. The first-order chi connectivity index (χ1) is 13.1. The van der Waals surface area contributed by atoms with Crippen molar-refractivity contribution in [1.29, 1.82) is 0 Å². The summed E-state index contributed by atoms with van der Waals surface area (Å²) in [4.78, 5) is 18.5. The molecule has 0 amide bonds. The predicted octanol–water partition coefficient (Wildman–Crippen LogP) is 2.52. The van der Waals surface area contributed by atoms with Crippen LogP contribution in [0.1, 0.15) is 31.2 Å². The second-order valence-corrected chi connectivity index (χ2v) is 8.15. The zero-order valence-corrected chi connectivity index (χ0v) is 16.1. The van der Waals surface area contributed by atoms with E-state index >= 15 is 0 Å². The molecular formula is C20H25N7. The lowest BCUT2D eigenvalue weighted by molar-refractivity contribution is 0.533. The smallest absolute Gasteiger partial charge is 0.154 e. The van der Waals surface area contributed by atoms with Crippen LogP contribution in [-0.4, -0.2) is 50.7 Å². The fourth-order valence-corrected chi connectivity index (χ4v) is 4.48. The summed E-state index contributed by atoms with van der Waals surface area (Å²) in [5.74, 6) is 3.85. The second kappa shape index (κ2) is 6.18. The van der Waals surface area contributed by atoms with Crippen LogP contribution in [0.4, 0.5) is 11.6 Å². The number of nitrogens with zero attached hydrogens (tertiary/aromatic N) is 7. The van der Waals surface area contributed by atoms with Crippen LogP contribution in [-0.2, 0) is 0 Å². The van der Waals surface area contributed by atoms with Crippen LogP contribution in [0.3, 0.4) is 0 Å². The summed E-state index contributed by atoms with van der Waals surface area (Å²) in [5, 5.41) is 4.52. The average molecular weight is 363 g/mol. The molecule has 7 heteroatoms. The molecule has 2 aliphatic rings. The van der Waals surface area contributed by atoms with Crippen molar-refractivity contribution in [3.8, 4) is 0 Å². The first kappa shape index (κ1) is 16.5. The zero-order chi connectivity index (χ0) is 18.5. The van der Waals surface area contributed by atoms with Gasteiger partial charge in [0, 0.05) is 62.2 Å². The monoisotopic (exact) mass is 363 g/mol. The fraction of sp³-hybridized carbons (Fsp3) is 0.500. The highest BCUT2D eigenvalue weighted by Crippen LogP contribution is 2.36. The minimum Gasteiger partial charge on any atom is -0.356 e. The van der Waals surface area contributed by atoms with E-state index in [1.54, 1.807) is 6.33 Å². The number of rotatable bonds is 3. The summed E-state index contributed by atoms with van der Waals surface area (Å²) in [7, 11) is 0. The normalized spacial score (nSPS) is 22.2. The molecule has 3 aromatic heterocycles. The Morgan fingerprint density at radius 3 is 2.44 bits per heavy atom. The van der Waals surface area contributed by atoms with Gasteiger partial charge < -0.3 is 9.80 Å². The molecule has 0 aromatic carbocycles. The molecule has 2 unspecified atom stereocenters. The van der Waals surface area contributed by atoms with Crippen molar-refractivity contribution in [2.24, 2.45) is 11.8 Å². The molecule has 0 aliphatic carbocycles. The van der Waals surface area contributed by atoms with Gasteiger partial charge in [0.1, 0.15) is 17.7 Å². The Labute approximate surface area is 159 Å². The van der Waals surface area contributed by atoms with Gasteiger partial charge in [0.05, 0.1) is 5.69 Å². The minimum absolute atomic E-state index is 0.426. The molecule has 3 aromatic rings. The SMILES string of the molecule is Cc1cc2c(N3CC4CN(c5cc(C(C)C)ncn5)CC4C3)nccn2n1. The van der Waals surface area contributed by atoms with E-state index < -0.39 is 0 Å². The van der Waals surface area contributed by atoms with Gasteiger partial charge in [-0.05, 0) is 18.9 Å². The van der Waals surface area contributed by atoms with E-state index in [9.17, 15) is 0 Å². The molecule has 7 nitrogen and oxygen atoms in total. The fourth-order valence-electron chi connectivity index (χ4n) is 4.48. The third-order valence-corrected chi connectivity index (χ3v) is 5.87. The maximum Gasteiger partial charge on any atom is 0.154 e. The molecular weight excluding hydrogens is 338 g/mol. The number of hydrogen-bond acceptors (Lipinski definition) is 6. The van der Waals surface area contributed by atoms with Gasteiger partial charge in [-0.1, -0.05) is 13.8 Å². The van der Waals surface area contributed by atoms with Gasteiger partial charge in [0.15, 0.2) is 5.82 Å². The highest BCUT2D eigenvalue weighted by Gasteiger charge is 2.41. The van der Waals surface area contributed by atoms with Crippen LogP contribution in [0.25, 0.3) is 5.52 Å². The van der Waals surface area contributed by atoms with Gasteiger partial charge in [-0.15, -0.1) is 0 Å². The van der Waals surface area contributed by atoms with Gasteiger partial charge in [-0.2, -0.15) is 5.10 Å². The van der Waals surface area contributed by atoms with Crippen LogP contribution < -0.4 is 9.80 Å². The third-order valence-electron chi connectivity index (χ3n) is 5.87. The van der Waals surface area contributed by atoms with Gasteiger partial charge in [0.2, 0.25) is 0 Å². The van der Waals surface area contributed by atoms with Gasteiger partial charge in [-0.25, -0.2) is 19.5 Å². The molecule has 2 saturated heterocycles. The van der Waals surface area contributed by atoms with Crippen molar-refractivity contribution in [1.82, 2.24) is 24.6 Å². The van der Waals surface area contributed by atoms with Crippen LogP contribution in [0.5, 0.6) is 0 Å². The van der Waals surface area contributed by atoms with Crippen molar-refractivity contribution in [2.75, 3.05) is 36.0 Å². The lowest BCUT2D eigenvalue weighted by Gasteiger charge is -2.23. The summed E-state index contributed by atoms with van der Waals surface area (Å²) in [6.07, 6.45) is 5.48. The van der Waals surface area contributed by atoms with E-state index in [4.69, 9.17) is 0 Å². The molecule has 0 saturated carbocycles. The third kappa shape index (κ3) is 2.81. The van der Waals surface area contributed by atoms with Crippen LogP contribution in [0.2, 0.25) is 0 Å². The van der Waals surface area contributed by atoms with E-state index in [0.717, 1.165) is 54.7 Å². The first-order valence-corrected chi connectivity index (χ1v) is 9.71. The highest BCUT2D eigenvalue weighted by molar-refractivity contribution is 5.69. The van der Waals surface area contributed by atoms with E-state index in [1.807, 2.05) is 23.8 Å². The Hall–Kier alpha value is -2.70. The van der Waals surface area contributed by atoms with Crippen molar-refractivity contribution in [3.63, 3.8) is 0 Å². The molecule has 2 fully saturated rings. The van der Waals surface area contributed by atoms with Crippen LogP contribution >= 0.6 is 0 Å². The molecule has 0 N–H and O–H groups in total. The number of fused-ring (bicyclic) bond motifs is 2. The largest absolute Gasteiger partial charge is 0.356 e. The van der Waals surface area contributed by atoms with E-state index in [-0.39, 0.29) is 0 Å². The van der Waals surface area contributed by atoms with Gasteiger partial charge in [0.25, 0.3) is 0 Å². The molecule has 5 heterocycles. The predicted molar refractivity (Wildman–Crippen MR) is 105 cm³/mol. The molecule has 2 atom stereocenters. The van der Waals surface area contributed by atoms with Crippen molar-refractivity contribution < 1.29 is 0 Å². The Morgan fingerprint density at radius 1 is 0.963 bits per heavy atom. The highest BCUT2D eigenvalue weighted by atomic mass is 15.3. The summed E-state index contributed by atoms with van der Waals surface area (Å²) < 4.78 is 1.94. The van der Waals surface area contributed by atoms with Crippen molar-refractivity contribution in [3.05, 3.63) is 42.2 Å². The maximum absolute atomic E-state index is 4.67. The van der Waals surface area contributed by atoms with Crippen LogP contribution in [0.15, 0.2) is 30.9 Å². The lowest BCUT2D eigenvalue weighted by atomic mass is 10.0. The van der Waals surface area contributed by atoms with E-state index in [0.29, 0.717) is 17.8 Å². The van der Waals surface area contributed by atoms with E-state index in [1.165, 1.54) is 0 Å². The Kier molecular flexibility index (Phi) is 3.77. The number of hydrogen-bond donors (Lipinski definition) is 0. The summed E-state index contributed by atoms with van der Waals surface area (Å²) in [5.41, 5.74) is 3.24.